The third kappa shape index (κ3) is 2.00. The van der Waals surface area contributed by atoms with Crippen LogP contribution in [-0.2, 0) is 7.05 Å². The van der Waals surface area contributed by atoms with Crippen LogP contribution in [0.25, 0.3) is 33.2 Å². The van der Waals surface area contributed by atoms with E-state index in [0.717, 1.165) is 33.2 Å². The molecule has 0 aliphatic carbocycles. The van der Waals surface area contributed by atoms with Gasteiger partial charge in [0.05, 0.1) is 17.2 Å². The number of aryl methyl sites for hydroxylation is 3. The lowest BCUT2D eigenvalue weighted by Gasteiger charge is -2.07. The van der Waals surface area contributed by atoms with Gasteiger partial charge < -0.3 is 4.42 Å². The molecule has 0 aliphatic heterocycles. The first-order chi connectivity index (χ1) is 11.6. The van der Waals surface area contributed by atoms with E-state index in [1.54, 1.807) is 6.07 Å². The first kappa shape index (κ1) is 14.5. The molecular formula is C21H17N2O+. The Morgan fingerprint density at radius 2 is 1.88 bits per heavy atom. The van der Waals surface area contributed by atoms with Gasteiger partial charge in [-0.3, -0.25) is 0 Å². The van der Waals surface area contributed by atoms with Crippen LogP contribution in [0.5, 0.6) is 0 Å². The van der Waals surface area contributed by atoms with Gasteiger partial charge >= 0.3 is 0 Å². The minimum absolute atomic E-state index is 0.650. The maximum atomic E-state index is 9.21. The molecule has 0 fully saturated rings. The second-order valence-electron chi connectivity index (χ2n) is 6.21. The van der Waals surface area contributed by atoms with E-state index in [2.05, 4.69) is 36.6 Å². The molecule has 0 spiro atoms. The number of pyridine rings is 1. The first-order valence-corrected chi connectivity index (χ1v) is 7.91. The molecule has 2 aromatic carbocycles. The molecule has 4 aromatic rings. The van der Waals surface area contributed by atoms with E-state index in [9.17, 15) is 5.26 Å². The molecule has 116 valence electrons. The zero-order valence-corrected chi connectivity index (χ0v) is 13.9. The second kappa shape index (κ2) is 5.21. The van der Waals surface area contributed by atoms with Crippen LogP contribution in [0.4, 0.5) is 0 Å². The van der Waals surface area contributed by atoms with Crippen molar-refractivity contribution in [2.45, 2.75) is 13.8 Å². The summed E-state index contributed by atoms with van der Waals surface area (Å²) in [5, 5.41) is 11.3. The molecule has 0 N–H and O–H groups in total. The number of hydrogen-bond acceptors (Lipinski definition) is 2. The fraction of sp³-hybridized carbons (Fsp3) is 0.143. The molecule has 2 aromatic heterocycles. The van der Waals surface area contributed by atoms with E-state index in [0.29, 0.717) is 5.56 Å². The quantitative estimate of drug-likeness (QED) is 0.483. The van der Waals surface area contributed by atoms with Crippen molar-refractivity contribution < 1.29 is 8.98 Å². The highest BCUT2D eigenvalue weighted by Gasteiger charge is 2.21. The average molecular weight is 313 g/mol. The number of nitrogens with zero attached hydrogens (tertiary/aromatic N) is 2. The number of hydrogen-bond donors (Lipinski definition) is 0. The van der Waals surface area contributed by atoms with Gasteiger partial charge in [0.1, 0.15) is 18.2 Å². The van der Waals surface area contributed by atoms with Gasteiger partial charge in [0.25, 0.3) is 0 Å². The van der Waals surface area contributed by atoms with Crippen molar-refractivity contribution in [1.82, 2.24) is 0 Å². The van der Waals surface area contributed by atoms with Crippen LogP contribution in [0.2, 0.25) is 0 Å². The van der Waals surface area contributed by atoms with Gasteiger partial charge in [0.15, 0.2) is 6.20 Å². The highest BCUT2D eigenvalue weighted by atomic mass is 16.3. The molecular weight excluding hydrogens is 296 g/mol. The van der Waals surface area contributed by atoms with E-state index in [4.69, 9.17) is 4.42 Å². The average Bonchev–Trinajstić information content (AvgIpc) is 2.94. The minimum Gasteiger partial charge on any atom is -0.455 e. The summed E-state index contributed by atoms with van der Waals surface area (Å²) < 4.78 is 8.33. The van der Waals surface area contributed by atoms with Gasteiger partial charge in [-0.1, -0.05) is 6.07 Å². The molecule has 0 saturated heterocycles. The van der Waals surface area contributed by atoms with E-state index in [1.165, 1.54) is 11.1 Å². The highest BCUT2D eigenvalue weighted by molar-refractivity contribution is 6.11. The number of aromatic nitrogens is 1. The smallest absolute Gasteiger partial charge is 0.216 e. The number of fused-ring (bicyclic) bond motifs is 3. The SMILES string of the molecule is Cc1cc(C)c2c(oc3ccc(C#N)cc32)c1-c1cccc[n+]1C. The van der Waals surface area contributed by atoms with E-state index < -0.39 is 0 Å². The fourth-order valence-electron chi connectivity index (χ4n) is 3.48. The molecule has 0 unspecified atom stereocenters. The van der Waals surface area contributed by atoms with Gasteiger partial charge in [0, 0.05) is 22.9 Å². The van der Waals surface area contributed by atoms with Crippen LogP contribution in [0.15, 0.2) is 53.1 Å². The third-order valence-electron chi connectivity index (χ3n) is 4.58. The largest absolute Gasteiger partial charge is 0.455 e. The summed E-state index contributed by atoms with van der Waals surface area (Å²) in [5.74, 6) is 0. The lowest BCUT2D eigenvalue weighted by molar-refractivity contribution is -0.660. The zero-order chi connectivity index (χ0) is 16.8. The molecule has 0 bridgehead atoms. The van der Waals surface area contributed by atoms with Crippen molar-refractivity contribution in [3.63, 3.8) is 0 Å². The summed E-state index contributed by atoms with van der Waals surface area (Å²) in [6, 6.07) is 16.2. The van der Waals surface area contributed by atoms with Crippen LogP contribution in [-0.4, -0.2) is 0 Å². The predicted octanol–water partition coefficient (Wildman–Crippen LogP) is 4.57. The number of benzene rings is 2. The highest BCUT2D eigenvalue weighted by Crippen LogP contribution is 2.39. The lowest BCUT2D eigenvalue weighted by atomic mass is 9.96. The van der Waals surface area contributed by atoms with E-state index in [1.807, 2.05) is 37.5 Å². The second-order valence-corrected chi connectivity index (χ2v) is 6.21. The van der Waals surface area contributed by atoms with Crippen molar-refractivity contribution in [2.75, 3.05) is 0 Å². The zero-order valence-electron chi connectivity index (χ0n) is 13.9. The number of furan rings is 1. The van der Waals surface area contributed by atoms with Crippen molar-refractivity contribution in [2.24, 2.45) is 7.05 Å². The van der Waals surface area contributed by atoms with Crippen molar-refractivity contribution in [3.05, 3.63) is 65.4 Å². The Bertz CT molecular complexity index is 1150. The Balaban J connectivity index is 2.20. The van der Waals surface area contributed by atoms with E-state index in [-0.39, 0.29) is 0 Å². The molecule has 24 heavy (non-hydrogen) atoms. The summed E-state index contributed by atoms with van der Waals surface area (Å²) in [5.41, 5.74) is 6.92. The molecule has 0 atom stereocenters. The van der Waals surface area contributed by atoms with Crippen LogP contribution >= 0.6 is 0 Å². The Morgan fingerprint density at radius 3 is 2.62 bits per heavy atom. The summed E-state index contributed by atoms with van der Waals surface area (Å²) in [6.07, 6.45) is 2.04. The van der Waals surface area contributed by atoms with Crippen LogP contribution < -0.4 is 4.57 Å². The third-order valence-corrected chi connectivity index (χ3v) is 4.58. The minimum atomic E-state index is 0.650. The topological polar surface area (TPSA) is 40.8 Å². The standard InChI is InChI=1S/C21H17N2O/c1-13-10-14(2)20(17-6-4-5-9-23(17)3)21-19(13)16-11-15(12-22)7-8-18(16)24-21/h4-11H,1-3H3/q+1. The fourth-order valence-corrected chi connectivity index (χ4v) is 3.48. The van der Waals surface area contributed by atoms with E-state index >= 15 is 0 Å². The Kier molecular flexibility index (Phi) is 3.14. The van der Waals surface area contributed by atoms with Gasteiger partial charge in [0.2, 0.25) is 5.69 Å². The monoisotopic (exact) mass is 313 g/mol. The summed E-state index contributed by atoms with van der Waals surface area (Å²) in [4.78, 5) is 0. The normalized spacial score (nSPS) is 11.1. The molecule has 0 amide bonds. The predicted molar refractivity (Wildman–Crippen MR) is 94.5 cm³/mol. The number of nitriles is 1. The molecule has 3 nitrogen and oxygen atoms in total. The van der Waals surface area contributed by atoms with Crippen LogP contribution in [0.3, 0.4) is 0 Å². The summed E-state index contributed by atoms with van der Waals surface area (Å²) in [7, 11) is 2.04. The van der Waals surface area contributed by atoms with Crippen molar-refractivity contribution >= 4 is 21.9 Å². The molecule has 0 saturated carbocycles. The summed E-state index contributed by atoms with van der Waals surface area (Å²) >= 11 is 0. The summed E-state index contributed by atoms with van der Waals surface area (Å²) in [6.45, 7) is 4.21. The molecule has 0 aliphatic rings. The Labute approximate surface area is 140 Å². The van der Waals surface area contributed by atoms with Gasteiger partial charge in [-0.2, -0.15) is 5.26 Å². The Hall–Kier alpha value is -3.12. The molecule has 4 rings (SSSR count). The molecule has 0 radical (unpaired) electrons. The van der Waals surface area contributed by atoms with Crippen LogP contribution in [0, 0.1) is 25.2 Å². The lowest BCUT2D eigenvalue weighted by Crippen LogP contribution is -2.30. The van der Waals surface area contributed by atoms with Gasteiger partial charge in [-0.25, -0.2) is 4.57 Å². The van der Waals surface area contributed by atoms with Gasteiger partial charge in [-0.05, 0) is 49.2 Å². The van der Waals surface area contributed by atoms with Crippen molar-refractivity contribution in [3.8, 4) is 17.3 Å². The maximum absolute atomic E-state index is 9.21. The number of rotatable bonds is 1. The van der Waals surface area contributed by atoms with Crippen molar-refractivity contribution in [1.29, 1.82) is 5.26 Å². The van der Waals surface area contributed by atoms with Crippen LogP contribution in [0.1, 0.15) is 16.7 Å². The molecule has 2 heterocycles. The Morgan fingerprint density at radius 1 is 1.04 bits per heavy atom. The van der Waals surface area contributed by atoms with Gasteiger partial charge in [-0.15, -0.1) is 0 Å². The maximum Gasteiger partial charge on any atom is 0.216 e. The first-order valence-electron chi connectivity index (χ1n) is 7.91. The molecule has 3 heteroatoms.